The van der Waals surface area contributed by atoms with Gasteiger partial charge in [0.05, 0.1) is 18.9 Å². The molecule has 0 saturated carbocycles. The fourth-order valence-electron chi connectivity index (χ4n) is 1.71. The minimum atomic E-state index is -0.124. The third-order valence-electron chi connectivity index (χ3n) is 2.57. The van der Waals surface area contributed by atoms with E-state index in [1.165, 1.54) is 4.40 Å². The first-order valence-corrected chi connectivity index (χ1v) is 5.80. The molecule has 0 aliphatic heterocycles. The van der Waals surface area contributed by atoms with Crippen molar-refractivity contribution in [3.63, 3.8) is 0 Å². The van der Waals surface area contributed by atoms with Crippen LogP contribution >= 0.6 is 11.6 Å². The van der Waals surface area contributed by atoms with Crippen LogP contribution in [0.5, 0.6) is 5.75 Å². The molecular weight excluding hydrogens is 240 g/mol. The maximum Gasteiger partial charge on any atom is 0.262 e. The molecule has 5 heteroatoms. The molecule has 0 fully saturated rings. The first kappa shape index (κ1) is 11.9. The molecule has 90 valence electrons. The summed E-state index contributed by atoms with van der Waals surface area (Å²) in [6.45, 7) is 2.00. The molecule has 0 aromatic carbocycles. The van der Waals surface area contributed by atoms with Gasteiger partial charge in [0.2, 0.25) is 0 Å². The van der Waals surface area contributed by atoms with Crippen LogP contribution in [0.4, 0.5) is 0 Å². The van der Waals surface area contributed by atoms with E-state index in [1.54, 1.807) is 25.4 Å². The van der Waals surface area contributed by atoms with Gasteiger partial charge in [-0.05, 0) is 18.6 Å². The molecule has 0 bridgehead atoms. The molecule has 0 unspecified atom stereocenters. The Morgan fingerprint density at radius 1 is 1.47 bits per heavy atom. The van der Waals surface area contributed by atoms with E-state index in [9.17, 15) is 4.79 Å². The minimum Gasteiger partial charge on any atom is -0.495 e. The van der Waals surface area contributed by atoms with Gasteiger partial charge in [0, 0.05) is 0 Å². The molecular formula is C12H13ClN2O2. The lowest BCUT2D eigenvalue weighted by atomic mass is 10.2. The number of ether oxygens (including phenoxy) is 1. The van der Waals surface area contributed by atoms with E-state index < -0.39 is 0 Å². The highest BCUT2D eigenvalue weighted by atomic mass is 35.5. The van der Waals surface area contributed by atoms with E-state index in [2.05, 4.69) is 4.98 Å². The zero-order valence-electron chi connectivity index (χ0n) is 9.74. The van der Waals surface area contributed by atoms with Gasteiger partial charge in [-0.15, -0.1) is 0 Å². The van der Waals surface area contributed by atoms with Gasteiger partial charge in [-0.25, -0.2) is 4.98 Å². The maximum atomic E-state index is 12.2. The summed E-state index contributed by atoms with van der Waals surface area (Å²) in [5, 5.41) is 0.294. The molecule has 2 rings (SSSR count). The monoisotopic (exact) mass is 252 g/mol. The molecule has 2 aromatic rings. The second kappa shape index (κ2) is 4.75. The summed E-state index contributed by atoms with van der Waals surface area (Å²) >= 11 is 6.01. The number of rotatable bonds is 3. The number of halogens is 1. The average Bonchev–Trinajstić information content (AvgIpc) is 2.34. The lowest BCUT2D eigenvalue weighted by Crippen LogP contribution is -2.20. The Hall–Kier alpha value is -1.55. The predicted octanol–water partition coefficient (Wildman–Crippen LogP) is 2.31. The smallest absolute Gasteiger partial charge is 0.262 e. The van der Waals surface area contributed by atoms with Gasteiger partial charge in [0.1, 0.15) is 16.5 Å². The minimum absolute atomic E-state index is 0.124. The molecule has 0 amide bonds. The maximum absolute atomic E-state index is 12.2. The summed E-state index contributed by atoms with van der Waals surface area (Å²) in [4.78, 5) is 16.4. The van der Waals surface area contributed by atoms with Crippen molar-refractivity contribution >= 4 is 17.2 Å². The number of fused-ring (bicyclic) bond motifs is 1. The second-order valence-corrected chi connectivity index (χ2v) is 4.09. The predicted molar refractivity (Wildman–Crippen MR) is 67.0 cm³/mol. The largest absolute Gasteiger partial charge is 0.495 e. The standard InChI is InChI=1S/C12H13ClN2O2/c1-3-4-9-11(13)14-10-6-5-8(17-2)7-15(10)12(9)16/h5-7H,3-4H2,1-2H3. The summed E-state index contributed by atoms with van der Waals surface area (Å²) in [7, 11) is 1.56. The number of hydrogen-bond donors (Lipinski definition) is 0. The highest BCUT2D eigenvalue weighted by Gasteiger charge is 2.10. The van der Waals surface area contributed by atoms with Crippen molar-refractivity contribution in [2.45, 2.75) is 19.8 Å². The van der Waals surface area contributed by atoms with Crippen LogP contribution in [0.15, 0.2) is 23.1 Å². The van der Waals surface area contributed by atoms with Gasteiger partial charge in [-0.2, -0.15) is 0 Å². The van der Waals surface area contributed by atoms with Crippen LogP contribution in [0.25, 0.3) is 5.65 Å². The summed E-state index contributed by atoms with van der Waals surface area (Å²) < 4.78 is 6.55. The van der Waals surface area contributed by atoms with Crippen molar-refractivity contribution in [3.05, 3.63) is 39.4 Å². The summed E-state index contributed by atoms with van der Waals surface area (Å²) in [5.41, 5.74) is 0.960. The van der Waals surface area contributed by atoms with Gasteiger partial charge >= 0.3 is 0 Å². The lowest BCUT2D eigenvalue weighted by molar-refractivity contribution is 0.412. The first-order valence-electron chi connectivity index (χ1n) is 5.42. The van der Waals surface area contributed by atoms with Crippen LogP contribution in [0.3, 0.4) is 0 Å². The van der Waals surface area contributed by atoms with E-state index >= 15 is 0 Å². The van der Waals surface area contributed by atoms with E-state index in [0.717, 1.165) is 6.42 Å². The highest BCUT2D eigenvalue weighted by Crippen LogP contribution is 2.15. The number of hydrogen-bond acceptors (Lipinski definition) is 3. The summed E-state index contributed by atoms with van der Waals surface area (Å²) in [5.74, 6) is 0.617. The second-order valence-electron chi connectivity index (χ2n) is 3.73. The Balaban J connectivity index is 2.74. The molecule has 0 spiro atoms. The number of methoxy groups -OCH3 is 1. The molecule has 0 aliphatic carbocycles. The zero-order valence-corrected chi connectivity index (χ0v) is 10.5. The van der Waals surface area contributed by atoms with E-state index in [1.807, 2.05) is 6.92 Å². The van der Waals surface area contributed by atoms with E-state index in [-0.39, 0.29) is 5.56 Å². The van der Waals surface area contributed by atoms with Crippen molar-refractivity contribution in [2.24, 2.45) is 0 Å². The molecule has 2 heterocycles. The van der Waals surface area contributed by atoms with Crippen LogP contribution < -0.4 is 10.3 Å². The van der Waals surface area contributed by atoms with Crippen LogP contribution in [0, 0.1) is 0 Å². The van der Waals surface area contributed by atoms with Gasteiger partial charge < -0.3 is 4.74 Å². The Morgan fingerprint density at radius 2 is 2.24 bits per heavy atom. The van der Waals surface area contributed by atoms with Crippen molar-refractivity contribution in [2.75, 3.05) is 7.11 Å². The fraction of sp³-hybridized carbons (Fsp3) is 0.333. The molecule has 0 radical (unpaired) electrons. The van der Waals surface area contributed by atoms with Crippen LogP contribution in [0.1, 0.15) is 18.9 Å². The van der Waals surface area contributed by atoms with Gasteiger partial charge in [-0.1, -0.05) is 24.9 Å². The topological polar surface area (TPSA) is 43.6 Å². The molecule has 0 atom stereocenters. The zero-order chi connectivity index (χ0) is 12.4. The Labute approximate surface area is 104 Å². The quantitative estimate of drug-likeness (QED) is 0.788. The van der Waals surface area contributed by atoms with Crippen molar-refractivity contribution in [1.82, 2.24) is 9.38 Å². The SMILES string of the molecule is CCCc1c(Cl)nc2ccc(OC)cn2c1=O. The van der Waals surface area contributed by atoms with Gasteiger partial charge in [0.15, 0.2) is 0 Å². The van der Waals surface area contributed by atoms with Crippen molar-refractivity contribution in [1.29, 1.82) is 0 Å². The van der Waals surface area contributed by atoms with Gasteiger partial charge in [0.25, 0.3) is 5.56 Å². The van der Waals surface area contributed by atoms with Crippen LogP contribution in [0.2, 0.25) is 5.15 Å². The molecule has 0 aliphatic rings. The molecule has 0 N–H and O–H groups in total. The highest BCUT2D eigenvalue weighted by molar-refractivity contribution is 6.30. The van der Waals surface area contributed by atoms with Crippen LogP contribution in [-0.4, -0.2) is 16.5 Å². The first-order chi connectivity index (χ1) is 8.17. The number of aromatic nitrogens is 2. The molecule has 2 aromatic heterocycles. The van der Waals surface area contributed by atoms with E-state index in [4.69, 9.17) is 16.3 Å². The number of nitrogens with zero attached hydrogens (tertiary/aromatic N) is 2. The normalized spacial score (nSPS) is 10.8. The van der Waals surface area contributed by atoms with Crippen molar-refractivity contribution < 1.29 is 4.74 Å². The third kappa shape index (κ3) is 2.13. The Kier molecular flexibility index (Phi) is 3.33. The van der Waals surface area contributed by atoms with Crippen molar-refractivity contribution in [3.8, 4) is 5.75 Å². The molecule has 0 saturated heterocycles. The van der Waals surface area contributed by atoms with E-state index in [0.29, 0.717) is 28.5 Å². The summed E-state index contributed by atoms with van der Waals surface area (Å²) in [6.07, 6.45) is 3.11. The molecule has 4 nitrogen and oxygen atoms in total. The fourth-order valence-corrected chi connectivity index (χ4v) is 1.97. The molecule has 17 heavy (non-hydrogen) atoms. The summed E-state index contributed by atoms with van der Waals surface area (Å²) in [6, 6.07) is 3.46. The van der Waals surface area contributed by atoms with Crippen LogP contribution in [-0.2, 0) is 6.42 Å². The van der Waals surface area contributed by atoms with Gasteiger partial charge in [-0.3, -0.25) is 9.20 Å². The number of pyridine rings is 1. The Bertz CT molecular complexity index is 607. The third-order valence-corrected chi connectivity index (χ3v) is 2.89. The Morgan fingerprint density at radius 3 is 2.88 bits per heavy atom. The average molecular weight is 253 g/mol. The lowest BCUT2D eigenvalue weighted by Gasteiger charge is -2.07.